The van der Waals surface area contributed by atoms with Crippen molar-refractivity contribution in [3.8, 4) is 5.75 Å². The molecule has 1 fully saturated rings. The minimum absolute atomic E-state index is 0.0544. The van der Waals surface area contributed by atoms with Crippen LogP contribution in [0.4, 0.5) is 0 Å². The van der Waals surface area contributed by atoms with Crippen LogP contribution in [-0.2, 0) is 25.4 Å². The van der Waals surface area contributed by atoms with Crippen molar-refractivity contribution >= 4 is 21.8 Å². The Morgan fingerprint density at radius 1 is 1.03 bits per heavy atom. The van der Waals surface area contributed by atoms with Crippen molar-refractivity contribution in [3.63, 3.8) is 0 Å². The SMILES string of the molecule is Cc1ccc(C)c(OCC(=O)NNC(=O)C2CCN(S(=O)(=O)Cc3ccccc3)CC2)c1. The van der Waals surface area contributed by atoms with Gasteiger partial charge in [-0.3, -0.25) is 20.4 Å². The summed E-state index contributed by atoms with van der Waals surface area (Å²) < 4.78 is 32.2. The summed E-state index contributed by atoms with van der Waals surface area (Å²) in [5.41, 5.74) is 7.46. The highest BCUT2D eigenvalue weighted by molar-refractivity contribution is 7.88. The van der Waals surface area contributed by atoms with Gasteiger partial charge in [0, 0.05) is 19.0 Å². The Morgan fingerprint density at radius 3 is 2.41 bits per heavy atom. The van der Waals surface area contributed by atoms with E-state index in [1.54, 1.807) is 12.1 Å². The number of carbonyl (C=O) groups excluding carboxylic acids is 2. The molecule has 0 unspecified atom stereocenters. The van der Waals surface area contributed by atoms with E-state index >= 15 is 0 Å². The number of hydrazine groups is 1. The van der Waals surface area contributed by atoms with Gasteiger partial charge in [-0.15, -0.1) is 0 Å². The number of hydrogen-bond donors (Lipinski definition) is 2. The monoisotopic (exact) mass is 459 g/mol. The third-order valence-corrected chi connectivity index (χ3v) is 7.29. The Balaban J connectivity index is 1.41. The summed E-state index contributed by atoms with van der Waals surface area (Å²) in [4.78, 5) is 24.4. The summed E-state index contributed by atoms with van der Waals surface area (Å²) in [5.74, 6) is -0.595. The number of hydrogen-bond acceptors (Lipinski definition) is 5. The largest absolute Gasteiger partial charge is 0.483 e. The van der Waals surface area contributed by atoms with Crippen LogP contribution in [0, 0.1) is 19.8 Å². The van der Waals surface area contributed by atoms with Gasteiger partial charge >= 0.3 is 0 Å². The Hall–Kier alpha value is -2.91. The summed E-state index contributed by atoms with van der Waals surface area (Å²) in [6.07, 6.45) is 0.795. The molecule has 2 aromatic rings. The first-order valence-corrected chi connectivity index (χ1v) is 12.2. The molecule has 2 amide bonds. The zero-order chi connectivity index (χ0) is 23.1. The van der Waals surface area contributed by atoms with Crippen LogP contribution in [0.3, 0.4) is 0 Å². The van der Waals surface area contributed by atoms with Crippen molar-refractivity contribution in [1.29, 1.82) is 0 Å². The van der Waals surface area contributed by atoms with E-state index in [0.717, 1.165) is 16.7 Å². The third kappa shape index (κ3) is 6.54. The number of ether oxygens (including phenoxy) is 1. The fourth-order valence-electron chi connectivity index (χ4n) is 3.55. The normalized spacial score (nSPS) is 15.2. The van der Waals surface area contributed by atoms with Gasteiger partial charge in [0.2, 0.25) is 15.9 Å². The zero-order valence-corrected chi connectivity index (χ0v) is 19.2. The van der Waals surface area contributed by atoms with Crippen LogP contribution in [-0.4, -0.2) is 44.2 Å². The Kier molecular flexibility index (Phi) is 7.87. The predicted octanol–water partition coefficient (Wildman–Crippen LogP) is 2.07. The number of benzene rings is 2. The topological polar surface area (TPSA) is 105 Å². The lowest BCUT2D eigenvalue weighted by atomic mass is 9.98. The summed E-state index contributed by atoms with van der Waals surface area (Å²) in [6, 6.07) is 14.7. The standard InChI is InChI=1S/C23H29N3O5S/c1-17-8-9-18(2)21(14-17)31-15-22(27)24-25-23(28)20-10-12-26(13-11-20)32(29,30)16-19-6-4-3-5-7-19/h3-9,14,20H,10-13,15-16H2,1-2H3,(H,24,27)(H,25,28). The summed E-state index contributed by atoms with van der Waals surface area (Å²) in [7, 11) is -3.44. The molecule has 1 aliphatic rings. The third-order valence-electron chi connectivity index (χ3n) is 5.44. The van der Waals surface area contributed by atoms with Crippen LogP contribution >= 0.6 is 0 Å². The van der Waals surface area contributed by atoms with Gasteiger partial charge in [0.1, 0.15) is 5.75 Å². The van der Waals surface area contributed by atoms with Gasteiger partial charge in [0.15, 0.2) is 6.61 Å². The van der Waals surface area contributed by atoms with E-state index in [2.05, 4.69) is 10.9 Å². The summed E-state index contributed by atoms with van der Waals surface area (Å²) in [6.45, 7) is 4.15. The minimum Gasteiger partial charge on any atom is -0.483 e. The van der Waals surface area contributed by atoms with Crippen molar-refractivity contribution in [2.45, 2.75) is 32.4 Å². The molecule has 0 spiro atoms. The lowest BCUT2D eigenvalue weighted by molar-refractivity contribution is -0.132. The number of rotatable bonds is 7. The van der Waals surface area contributed by atoms with E-state index in [4.69, 9.17) is 4.74 Å². The zero-order valence-electron chi connectivity index (χ0n) is 18.3. The molecule has 32 heavy (non-hydrogen) atoms. The molecule has 0 atom stereocenters. The molecular weight excluding hydrogens is 430 g/mol. The molecule has 2 N–H and O–H groups in total. The quantitative estimate of drug-likeness (QED) is 0.617. The van der Waals surface area contributed by atoms with E-state index in [1.165, 1.54) is 4.31 Å². The van der Waals surface area contributed by atoms with Gasteiger partial charge in [-0.25, -0.2) is 12.7 Å². The fourth-order valence-corrected chi connectivity index (χ4v) is 5.11. The van der Waals surface area contributed by atoms with Gasteiger partial charge < -0.3 is 4.74 Å². The number of nitrogens with zero attached hydrogens (tertiary/aromatic N) is 1. The van der Waals surface area contributed by atoms with Crippen LogP contribution in [0.2, 0.25) is 0 Å². The summed E-state index contributed by atoms with van der Waals surface area (Å²) in [5, 5.41) is 0. The van der Waals surface area contributed by atoms with Gasteiger partial charge in [-0.1, -0.05) is 42.5 Å². The van der Waals surface area contributed by atoms with Crippen molar-refractivity contribution in [2.24, 2.45) is 5.92 Å². The van der Waals surface area contributed by atoms with E-state index in [1.807, 2.05) is 50.2 Å². The number of sulfonamides is 1. The van der Waals surface area contributed by atoms with E-state index in [-0.39, 0.29) is 37.3 Å². The maximum absolute atomic E-state index is 12.6. The molecule has 0 saturated carbocycles. The molecule has 0 aromatic heterocycles. The first-order valence-electron chi connectivity index (χ1n) is 10.5. The summed E-state index contributed by atoms with van der Waals surface area (Å²) >= 11 is 0. The number of aryl methyl sites for hydroxylation is 2. The van der Waals surface area contributed by atoms with E-state index in [9.17, 15) is 18.0 Å². The lowest BCUT2D eigenvalue weighted by Crippen LogP contribution is -2.49. The highest BCUT2D eigenvalue weighted by atomic mass is 32.2. The van der Waals surface area contributed by atoms with Crippen molar-refractivity contribution in [3.05, 3.63) is 65.2 Å². The molecule has 0 aliphatic carbocycles. The van der Waals surface area contributed by atoms with Crippen molar-refractivity contribution in [1.82, 2.24) is 15.2 Å². The van der Waals surface area contributed by atoms with Gasteiger partial charge in [0.25, 0.3) is 5.91 Å². The van der Waals surface area contributed by atoms with Gasteiger partial charge in [-0.05, 0) is 49.4 Å². The molecule has 172 valence electrons. The van der Waals surface area contributed by atoms with Crippen molar-refractivity contribution in [2.75, 3.05) is 19.7 Å². The smallest absolute Gasteiger partial charge is 0.276 e. The van der Waals surface area contributed by atoms with Crippen LogP contribution in [0.1, 0.15) is 29.5 Å². The molecule has 9 heteroatoms. The van der Waals surface area contributed by atoms with Crippen LogP contribution in [0.25, 0.3) is 0 Å². The predicted molar refractivity (Wildman–Crippen MR) is 121 cm³/mol. The van der Waals surface area contributed by atoms with Gasteiger partial charge in [-0.2, -0.15) is 0 Å². The minimum atomic E-state index is -3.44. The molecule has 3 rings (SSSR count). The Bertz CT molecular complexity index is 1050. The average Bonchev–Trinajstić information content (AvgIpc) is 2.78. The molecule has 2 aromatic carbocycles. The second kappa shape index (κ2) is 10.6. The van der Waals surface area contributed by atoms with Crippen LogP contribution in [0.5, 0.6) is 5.75 Å². The number of nitrogens with one attached hydrogen (secondary N) is 2. The number of piperidine rings is 1. The molecule has 1 aliphatic heterocycles. The second-order valence-corrected chi connectivity index (χ2v) is 9.98. The van der Waals surface area contributed by atoms with E-state index < -0.39 is 15.9 Å². The van der Waals surface area contributed by atoms with Crippen LogP contribution < -0.4 is 15.6 Å². The molecule has 8 nitrogen and oxygen atoms in total. The lowest BCUT2D eigenvalue weighted by Gasteiger charge is -2.30. The molecular formula is C23H29N3O5S. The Labute approximate surface area is 189 Å². The molecule has 0 bridgehead atoms. The van der Waals surface area contributed by atoms with Crippen LogP contribution in [0.15, 0.2) is 48.5 Å². The maximum atomic E-state index is 12.6. The molecule has 1 saturated heterocycles. The number of amides is 2. The average molecular weight is 460 g/mol. The fraction of sp³-hybridized carbons (Fsp3) is 0.391. The van der Waals surface area contributed by atoms with Gasteiger partial charge in [0.05, 0.1) is 5.75 Å². The molecule has 1 heterocycles. The highest BCUT2D eigenvalue weighted by Crippen LogP contribution is 2.22. The number of carbonyl (C=O) groups is 2. The first kappa shape index (κ1) is 23.7. The second-order valence-electron chi connectivity index (χ2n) is 8.01. The molecule has 0 radical (unpaired) electrons. The van der Waals surface area contributed by atoms with Crippen molar-refractivity contribution < 1.29 is 22.7 Å². The highest BCUT2D eigenvalue weighted by Gasteiger charge is 2.31. The maximum Gasteiger partial charge on any atom is 0.276 e. The van der Waals surface area contributed by atoms with E-state index in [0.29, 0.717) is 18.6 Å². The first-order chi connectivity index (χ1) is 15.2. The Morgan fingerprint density at radius 2 is 1.72 bits per heavy atom.